The molecule has 5 heteroatoms. The van der Waals surface area contributed by atoms with Crippen LogP contribution in [0, 0.1) is 0 Å². The molecule has 0 saturated heterocycles. The highest BCUT2D eigenvalue weighted by Gasteiger charge is 2.39. The van der Waals surface area contributed by atoms with Crippen molar-refractivity contribution < 1.29 is 0 Å². The van der Waals surface area contributed by atoms with Crippen molar-refractivity contribution in [1.29, 1.82) is 0 Å². The number of imidazole rings is 1. The number of hydrogen-bond acceptors (Lipinski definition) is 4. The molecular formula is C52H39N5. The molecule has 0 fully saturated rings. The highest BCUT2D eigenvalue weighted by molar-refractivity contribution is 5.94. The maximum Gasteiger partial charge on any atom is 0.164 e. The lowest BCUT2D eigenvalue weighted by atomic mass is 9.82. The summed E-state index contributed by atoms with van der Waals surface area (Å²) in [7, 11) is 0. The molecule has 272 valence electrons. The van der Waals surface area contributed by atoms with Crippen molar-refractivity contribution in [3.8, 4) is 73.5 Å². The van der Waals surface area contributed by atoms with Crippen molar-refractivity contribution in [3.05, 3.63) is 186 Å². The van der Waals surface area contributed by atoms with Crippen molar-refractivity contribution in [2.75, 3.05) is 0 Å². The largest absolute Gasteiger partial charge is 0.292 e. The highest BCUT2D eigenvalue weighted by Crippen LogP contribution is 2.53. The van der Waals surface area contributed by atoms with Crippen molar-refractivity contribution in [1.82, 2.24) is 24.5 Å². The van der Waals surface area contributed by atoms with E-state index in [0.717, 1.165) is 44.8 Å². The summed E-state index contributed by atoms with van der Waals surface area (Å²) in [6, 6.07) is 57.9. The average molecular weight is 734 g/mol. The van der Waals surface area contributed by atoms with Crippen LogP contribution in [0.3, 0.4) is 0 Å². The summed E-state index contributed by atoms with van der Waals surface area (Å²) in [5, 5.41) is 0. The molecule has 0 unspecified atom stereocenters. The molecule has 11 rings (SSSR count). The van der Waals surface area contributed by atoms with Crippen LogP contribution >= 0.6 is 0 Å². The van der Waals surface area contributed by atoms with Gasteiger partial charge in [-0.25, -0.2) is 19.9 Å². The van der Waals surface area contributed by atoms with Crippen LogP contribution in [0.1, 0.15) is 49.9 Å². The van der Waals surface area contributed by atoms with Gasteiger partial charge in [0.25, 0.3) is 0 Å². The van der Waals surface area contributed by atoms with Crippen LogP contribution in [0.25, 0.3) is 84.5 Å². The van der Waals surface area contributed by atoms with Gasteiger partial charge in [-0.05, 0) is 74.8 Å². The fourth-order valence-electron chi connectivity index (χ4n) is 9.48. The monoisotopic (exact) mass is 733 g/mol. The van der Waals surface area contributed by atoms with Gasteiger partial charge in [0.2, 0.25) is 0 Å². The molecule has 57 heavy (non-hydrogen) atoms. The summed E-state index contributed by atoms with van der Waals surface area (Å²) >= 11 is 0. The van der Waals surface area contributed by atoms with Crippen LogP contribution in [-0.2, 0) is 10.8 Å². The zero-order valence-electron chi connectivity index (χ0n) is 32.3. The summed E-state index contributed by atoms with van der Waals surface area (Å²) in [6.07, 6.45) is 0. The van der Waals surface area contributed by atoms with E-state index in [9.17, 15) is 0 Å². The molecule has 0 radical (unpaired) electrons. The maximum atomic E-state index is 5.42. The van der Waals surface area contributed by atoms with E-state index in [1.165, 1.54) is 44.5 Å². The predicted octanol–water partition coefficient (Wildman–Crippen LogP) is 12.5. The van der Waals surface area contributed by atoms with E-state index in [4.69, 9.17) is 19.9 Å². The lowest BCUT2D eigenvalue weighted by molar-refractivity contribution is 0.660. The van der Waals surface area contributed by atoms with Crippen LogP contribution in [0.4, 0.5) is 0 Å². The Morgan fingerprint density at radius 1 is 0.386 bits per heavy atom. The number of rotatable bonds is 5. The van der Waals surface area contributed by atoms with Crippen LogP contribution in [0.2, 0.25) is 0 Å². The van der Waals surface area contributed by atoms with Gasteiger partial charge in [0.1, 0.15) is 5.82 Å². The Bertz CT molecular complexity index is 2950. The maximum absolute atomic E-state index is 5.42. The SMILES string of the molecule is CC1(C)c2ccccc2-c2c(-c3nc(-c4cccc(-c5nc6ccccc6n5-c5ccccc5)c4)nc(-c4cccc5c4-c4ccccc4C5(C)C)n3)cccc21. The molecule has 2 heterocycles. The molecule has 0 bridgehead atoms. The third-order valence-electron chi connectivity index (χ3n) is 12.3. The molecule has 0 N–H and O–H groups in total. The number of fused-ring (bicyclic) bond motifs is 7. The molecule has 2 aliphatic rings. The first-order chi connectivity index (χ1) is 27.8. The number of benzene rings is 7. The van der Waals surface area contributed by atoms with Gasteiger partial charge in [0.15, 0.2) is 17.5 Å². The smallest absolute Gasteiger partial charge is 0.164 e. The van der Waals surface area contributed by atoms with E-state index >= 15 is 0 Å². The Balaban J connectivity index is 1.16. The van der Waals surface area contributed by atoms with Gasteiger partial charge in [0.05, 0.1) is 11.0 Å². The summed E-state index contributed by atoms with van der Waals surface area (Å²) in [6.45, 7) is 9.25. The fraction of sp³-hybridized carbons (Fsp3) is 0.115. The number of nitrogens with zero attached hydrogens (tertiary/aromatic N) is 5. The van der Waals surface area contributed by atoms with Gasteiger partial charge in [0, 0.05) is 38.8 Å². The van der Waals surface area contributed by atoms with Crippen LogP contribution in [0.5, 0.6) is 0 Å². The molecule has 0 amide bonds. The lowest BCUT2D eigenvalue weighted by Crippen LogP contribution is -2.15. The Kier molecular flexibility index (Phi) is 7.18. The Labute approximate surface area is 332 Å². The first-order valence-electron chi connectivity index (χ1n) is 19.7. The highest BCUT2D eigenvalue weighted by atomic mass is 15.1. The van der Waals surface area contributed by atoms with Gasteiger partial charge in [-0.3, -0.25) is 4.57 Å². The van der Waals surface area contributed by atoms with Gasteiger partial charge < -0.3 is 0 Å². The zero-order valence-corrected chi connectivity index (χ0v) is 32.3. The first kappa shape index (κ1) is 33.4. The van der Waals surface area contributed by atoms with Crippen molar-refractivity contribution >= 4 is 11.0 Å². The minimum atomic E-state index is -0.158. The van der Waals surface area contributed by atoms with Gasteiger partial charge in [-0.1, -0.05) is 161 Å². The van der Waals surface area contributed by atoms with E-state index in [1.807, 2.05) is 12.1 Å². The summed E-state index contributed by atoms with van der Waals surface area (Å²) in [5.41, 5.74) is 16.6. The van der Waals surface area contributed by atoms with E-state index < -0.39 is 0 Å². The number of aromatic nitrogens is 5. The minimum Gasteiger partial charge on any atom is -0.292 e. The summed E-state index contributed by atoms with van der Waals surface area (Å²) < 4.78 is 2.23. The second-order valence-electron chi connectivity index (χ2n) is 16.3. The topological polar surface area (TPSA) is 56.5 Å². The van der Waals surface area contributed by atoms with E-state index in [0.29, 0.717) is 17.5 Å². The molecule has 0 aliphatic heterocycles. The third kappa shape index (κ3) is 4.95. The van der Waals surface area contributed by atoms with E-state index in [2.05, 4.69) is 184 Å². The standard InChI is InChI=1S/C52H39N5/c1-51(2)39-25-10-8-21-35(39)45-37(23-15-27-41(45)51)48-54-47(55-49(56-48)38-24-16-28-42-46(38)36-22-9-11-26-40(36)52(42,3)4)32-17-14-18-33(31-32)50-53-43-29-12-13-30-44(43)57(50)34-19-6-5-7-20-34/h5-31H,1-4H3. The Hall–Kier alpha value is -6.98. The van der Waals surface area contributed by atoms with E-state index in [-0.39, 0.29) is 10.8 Å². The van der Waals surface area contributed by atoms with Gasteiger partial charge in [-0.2, -0.15) is 0 Å². The van der Waals surface area contributed by atoms with Gasteiger partial charge in [-0.15, -0.1) is 0 Å². The van der Waals surface area contributed by atoms with Crippen LogP contribution < -0.4 is 0 Å². The Morgan fingerprint density at radius 3 is 1.49 bits per heavy atom. The average Bonchev–Trinajstić information content (AvgIpc) is 3.84. The second-order valence-corrected chi connectivity index (χ2v) is 16.3. The molecule has 7 aromatic carbocycles. The molecule has 5 nitrogen and oxygen atoms in total. The van der Waals surface area contributed by atoms with E-state index in [1.54, 1.807) is 0 Å². The third-order valence-corrected chi connectivity index (χ3v) is 12.3. The molecule has 0 spiro atoms. The first-order valence-corrected chi connectivity index (χ1v) is 19.7. The van der Waals surface area contributed by atoms with Crippen molar-refractivity contribution in [3.63, 3.8) is 0 Å². The molecule has 0 atom stereocenters. The van der Waals surface area contributed by atoms with Gasteiger partial charge >= 0.3 is 0 Å². The number of hydrogen-bond donors (Lipinski definition) is 0. The molecule has 0 saturated carbocycles. The lowest BCUT2D eigenvalue weighted by Gasteiger charge is -2.21. The molecule has 2 aliphatic carbocycles. The summed E-state index contributed by atoms with van der Waals surface area (Å²) in [5.74, 6) is 2.79. The van der Waals surface area contributed by atoms with Crippen LogP contribution in [-0.4, -0.2) is 24.5 Å². The Morgan fingerprint density at radius 2 is 0.860 bits per heavy atom. The number of para-hydroxylation sites is 3. The molecule has 2 aromatic heterocycles. The summed E-state index contributed by atoms with van der Waals surface area (Å²) in [4.78, 5) is 21.3. The second kappa shape index (κ2) is 12.3. The predicted molar refractivity (Wildman–Crippen MR) is 231 cm³/mol. The minimum absolute atomic E-state index is 0.158. The quantitative estimate of drug-likeness (QED) is 0.177. The molecular weight excluding hydrogens is 695 g/mol. The normalized spacial score (nSPS) is 14.2. The van der Waals surface area contributed by atoms with Crippen LogP contribution in [0.15, 0.2) is 164 Å². The zero-order chi connectivity index (χ0) is 38.5. The van der Waals surface area contributed by atoms with Crippen molar-refractivity contribution in [2.45, 2.75) is 38.5 Å². The van der Waals surface area contributed by atoms with Crippen molar-refractivity contribution in [2.24, 2.45) is 0 Å². The fourth-order valence-corrected chi connectivity index (χ4v) is 9.48. The molecule has 9 aromatic rings.